The highest BCUT2D eigenvalue weighted by Crippen LogP contribution is 2.26. The molecule has 5 aromatic rings. The molecule has 0 unspecified atom stereocenters. The van der Waals surface area contributed by atoms with E-state index in [1.54, 1.807) is 11.5 Å². The largest absolute Gasteiger partial charge is 0.424 e. The van der Waals surface area contributed by atoms with E-state index in [4.69, 9.17) is 4.74 Å². The zero-order chi connectivity index (χ0) is 24.4. The number of nitrogens with one attached hydrogen (secondary N) is 2. The average molecular weight is 490 g/mol. The monoisotopic (exact) mass is 489 g/mol. The molecule has 0 bridgehead atoms. The lowest BCUT2D eigenvalue weighted by Crippen LogP contribution is -2.31. The minimum Gasteiger partial charge on any atom is -0.424 e. The highest BCUT2D eigenvalue weighted by molar-refractivity contribution is 7.89. The fraction of sp³-hybridized carbons (Fsp3) is 0.231. The average Bonchev–Trinajstić information content (AvgIpc) is 3.49. The third kappa shape index (κ3) is 4.91. The summed E-state index contributed by atoms with van der Waals surface area (Å²) in [5.41, 5.74) is 1.96. The third-order valence-electron chi connectivity index (χ3n) is 6.06. The van der Waals surface area contributed by atoms with Crippen LogP contribution in [0.15, 0.2) is 72.9 Å². The van der Waals surface area contributed by atoms with E-state index in [0.29, 0.717) is 30.5 Å². The number of benzene rings is 3. The lowest BCUT2D eigenvalue weighted by atomic mass is 10.0. The van der Waals surface area contributed by atoms with Gasteiger partial charge in [0, 0.05) is 24.3 Å². The van der Waals surface area contributed by atoms with Gasteiger partial charge < -0.3 is 9.72 Å². The number of aromatic amines is 1. The molecule has 1 atom stereocenters. The minimum absolute atomic E-state index is 0.0227. The third-order valence-corrected chi connectivity index (χ3v) is 7.52. The molecule has 8 nitrogen and oxygen atoms in total. The van der Waals surface area contributed by atoms with Crippen LogP contribution in [-0.2, 0) is 23.0 Å². The Labute approximate surface area is 204 Å². The van der Waals surface area contributed by atoms with Crippen molar-refractivity contribution in [2.75, 3.05) is 5.75 Å². The Kier molecular flexibility index (Phi) is 6.27. The fourth-order valence-corrected chi connectivity index (χ4v) is 5.58. The first-order valence-corrected chi connectivity index (χ1v) is 13.2. The van der Waals surface area contributed by atoms with Gasteiger partial charge in [0.1, 0.15) is 5.75 Å². The quantitative estimate of drug-likeness (QED) is 0.305. The normalized spacial score (nSPS) is 12.9. The summed E-state index contributed by atoms with van der Waals surface area (Å²) in [6, 6.07) is 21.4. The number of hydrogen-bond acceptors (Lipinski definition) is 5. The van der Waals surface area contributed by atoms with Crippen molar-refractivity contribution < 1.29 is 13.2 Å². The smallest absolute Gasteiger partial charge is 0.322 e. The molecule has 9 heteroatoms. The van der Waals surface area contributed by atoms with Crippen molar-refractivity contribution in [3.8, 4) is 11.8 Å². The molecule has 0 spiro atoms. The Morgan fingerprint density at radius 2 is 1.86 bits per heavy atom. The first-order chi connectivity index (χ1) is 16.9. The van der Waals surface area contributed by atoms with E-state index in [-0.39, 0.29) is 5.75 Å². The second kappa shape index (κ2) is 9.52. The molecule has 3 aromatic carbocycles. The number of ether oxygens (including phenoxy) is 1. The van der Waals surface area contributed by atoms with Gasteiger partial charge in [0.2, 0.25) is 10.0 Å². The molecular formula is C26H27N5O3S. The Bertz CT molecular complexity index is 1580. The summed E-state index contributed by atoms with van der Waals surface area (Å²) < 4.78 is 36.3. The van der Waals surface area contributed by atoms with Gasteiger partial charge in [-0.1, -0.05) is 47.6 Å². The van der Waals surface area contributed by atoms with Crippen LogP contribution in [-0.4, -0.2) is 33.9 Å². The fourth-order valence-electron chi connectivity index (χ4n) is 4.32. The number of hydrogen-bond donors (Lipinski definition) is 2. The van der Waals surface area contributed by atoms with Crippen molar-refractivity contribution in [1.29, 1.82) is 0 Å². The van der Waals surface area contributed by atoms with E-state index in [0.717, 1.165) is 27.2 Å². The maximum atomic E-state index is 12.9. The van der Waals surface area contributed by atoms with E-state index >= 15 is 0 Å². The standard InChI is InChI=1S/C26H27N5O3S/c1-3-31-25(28-29-26(31)34-22-12-11-21-13-15-27-24(21)17-22)18(2)30-35(32,33)16-14-20-9-6-8-19-7-4-5-10-23(19)20/h4-13,15,17-18,27,30H,3,14,16H2,1-2H3/t18-/m1/s1. The maximum absolute atomic E-state index is 12.9. The van der Waals surface area contributed by atoms with Crippen LogP contribution in [0.2, 0.25) is 0 Å². The molecule has 0 aliphatic carbocycles. The molecule has 180 valence electrons. The van der Waals surface area contributed by atoms with Gasteiger partial charge in [-0.2, -0.15) is 0 Å². The zero-order valence-corrected chi connectivity index (χ0v) is 20.4. The summed E-state index contributed by atoms with van der Waals surface area (Å²) in [5, 5.41) is 11.7. The molecule has 2 N–H and O–H groups in total. The summed E-state index contributed by atoms with van der Waals surface area (Å²) in [7, 11) is -3.56. The number of sulfonamides is 1. The molecule has 0 radical (unpaired) electrons. The molecule has 0 saturated carbocycles. The summed E-state index contributed by atoms with van der Waals surface area (Å²) in [6.07, 6.45) is 2.29. The summed E-state index contributed by atoms with van der Waals surface area (Å²) in [6.45, 7) is 4.24. The van der Waals surface area contributed by atoms with Crippen molar-refractivity contribution in [2.45, 2.75) is 32.9 Å². The SMILES string of the molecule is CCn1c(Oc2ccc3cc[nH]c3c2)nnc1[C@@H](C)NS(=O)(=O)CCc1cccc2ccccc12. The molecule has 0 aliphatic heterocycles. The molecule has 0 amide bonds. The van der Waals surface area contributed by atoms with Crippen molar-refractivity contribution in [3.05, 3.63) is 84.3 Å². The van der Waals surface area contributed by atoms with Crippen LogP contribution in [0, 0.1) is 0 Å². The highest BCUT2D eigenvalue weighted by atomic mass is 32.2. The lowest BCUT2D eigenvalue weighted by molar-refractivity contribution is 0.408. The van der Waals surface area contributed by atoms with Crippen LogP contribution in [0.25, 0.3) is 21.7 Å². The van der Waals surface area contributed by atoms with Crippen molar-refractivity contribution in [3.63, 3.8) is 0 Å². The van der Waals surface area contributed by atoms with Crippen molar-refractivity contribution in [1.82, 2.24) is 24.5 Å². The Hall–Kier alpha value is -3.69. The Balaban J connectivity index is 1.29. The van der Waals surface area contributed by atoms with Gasteiger partial charge >= 0.3 is 6.01 Å². The number of H-pyrrole nitrogens is 1. The number of nitrogens with zero attached hydrogens (tertiary/aromatic N) is 3. The number of fused-ring (bicyclic) bond motifs is 2. The second-order valence-corrected chi connectivity index (χ2v) is 10.3. The van der Waals surface area contributed by atoms with Gasteiger partial charge in [-0.25, -0.2) is 13.1 Å². The maximum Gasteiger partial charge on any atom is 0.322 e. The molecule has 0 saturated heterocycles. The van der Waals surface area contributed by atoms with Crippen molar-refractivity contribution >= 4 is 31.7 Å². The Morgan fingerprint density at radius 3 is 2.71 bits per heavy atom. The lowest BCUT2D eigenvalue weighted by Gasteiger charge is -2.15. The predicted octanol–water partition coefficient (Wildman–Crippen LogP) is 4.95. The number of aromatic nitrogens is 4. The second-order valence-electron chi connectivity index (χ2n) is 8.46. The number of rotatable bonds is 9. The number of aryl methyl sites for hydroxylation is 1. The van der Waals surface area contributed by atoms with Gasteiger partial charge in [-0.05, 0) is 60.2 Å². The van der Waals surface area contributed by atoms with Crippen LogP contribution < -0.4 is 9.46 Å². The molecule has 0 aliphatic rings. The van der Waals surface area contributed by atoms with E-state index in [9.17, 15) is 8.42 Å². The summed E-state index contributed by atoms with van der Waals surface area (Å²) in [4.78, 5) is 3.16. The Morgan fingerprint density at radius 1 is 1.03 bits per heavy atom. The van der Waals surface area contributed by atoms with Crippen molar-refractivity contribution in [2.24, 2.45) is 0 Å². The van der Waals surface area contributed by atoms with Gasteiger partial charge in [0.15, 0.2) is 5.82 Å². The molecule has 2 heterocycles. The van der Waals surface area contributed by atoms with Gasteiger partial charge in [0.25, 0.3) is 0 Å². The zero-order valence-electron chi connectivity index (χ0n) is 19.6. The summed E-state index contributed by atoms with van der Waals surface area (Å²) >= 11 is 0. The molecule has 5 rings (SSSR count). The van der Waals surface area contributed by atoms with Crippen LogP contribution in [0.4, 0.5) is 0 Å². The molecule has 2 aromatic heterocycles. The minimum atomic E-state index is -3.56. The van der Waals surface area contributed by atoms with Gasteiger partial charge in [-0.15, -0.1) is 5.10 Å². The topological polar surface area (TPSA) is 102 Å². The van der Waals surface area contributed by atoms with Crippen LogP contribution >= 0.6 is 0 Å². The van der Waals surface area contributed by atoms with Crippen LogP contribution in [0.3, 0.4) is 0 Å². The van der Waals surface area contributed by atoms with Crippen LogP contribution in [0.1, 0.15) is 31.3 Å². The summed E-state index contributed by atoms with van der Waals surface area (Å²) in [5.74, 6) is 1.10. The van der Waals surface area contributed by atoms with Gasteiger partial charge in [0.05, 0.1) is 11.8 Å². The molecule has 35 heavy (non-hydrogen) atoms. The van der Waals surface area contributed by atoms with E-state index in [1.807, 2.05) is 79.9 Å². The van der Waals surface area contributed by atoms with E-state index in [1.165, 1.54) is 0 Å². The molecule has 0 fully saturated rings. The first-order valence-electron chi connectivity index (χ1n) is 11.6. The van der Waals surface area contributed by atoms with Gasteiger partial charge in [-0.3, -0.25) is 4.57 Å². The first kappa shape index (κ1) is 23.1. The van der Waals surface area contributed by atoms with Crippen LogP contribution in [0.5, 0.6) is 11.8 Å². The predicted molar refractivity (Wildman–Crippen MR) is 137 cm³/mol. The van der Waals surface area contributed by atoms with E-state index < -0.39 is 16.1 Å². The molecular weight excluding hydrogens is 462 g/mol. The van der Waals surface area contributed by atoms with E-state index in [2.05, 4.69) is 19.9 Å². The highest BCUT2D eigenvalue weighted by Gasteiger charge is 2.23.